The van der Waals surface area contributed by atoms with Crippen molar-refractivity contribution in [2.24, 2.45) is 0 Å². The number of carbonyl (C=O) groups excluding carboxylic acids is 1. The lowest BCUT2D eigenvalue weighted by atomic mass is 10.1. The van der Waals surface area contributed by atoms with Gasteiger partial charge >= 0.3 is 0 Å². The third-order valence-corrected chi connectivity index (χ3v) is 6.81. The lowest BCUT2D eigenvalue weighted by molar-refractivity contribution is -0.116. The molecule has 29 heavy (non-hydrogen) atoms. The second-order valence-electron chi connectivity index (χ2n) is 7.41. The molecule has 1 amide bonds. The topological polar surface area (TPSA) is 75.7 Å². The number of hydrogen-bond acceptors (Lipinski definition) is 4. The maximum Gasteiger partial charge on any atom is 0.235 e. The average molecular weight is 417 g/mol. The summed E-state index contributed by atoms with van der Waals surface area (Å²) in [6.07, 6.45) is 2.60. The molecule has 0 aliphatic carbocycles. The van der Waals surface area contributed by atoms with Gasteiger partial charge in [-0.2, -0.15) is 0 Å². The largest absolute Gasteiger partial charge is 0.493 e. The summed E-state index contributed by atoms with van der Waals surface area (Å²) < 4.78 is 31.2. The molecule has 1 saturated heterocycles. The van der Waals surface area contributed by atoms with E-state index in [4.69, 9.17) is 4.74 Å². The van der Waals surface area contributed by atoms with Crippen molar-refractivity contribution < 1.29 is 17.9 Å². The zero-order valence-electron chi connectivity index (χ0n) is 17.0. The first-order valence-corrected chi connectivity index (χ1v) is 11.6. The highest BCUT2D eigenvalue weighted by atomic mass is 32.2. The molecule has 0 atom stereocenters. The van der Waals surface area contributed by atoms with Gasteiger partial charge in [0.05, 0.1) is 18.0 Å². The van der Waals surface area contributed by atoms with Crippen LogP contribution in [-0.2, 0) is 14.8 Å². The molecule has 2 aromatic rings. The molecular weight excluding hydrogens is 388 g/mol. The Hall–Kier alpha value is -2.54. The van der Waals surface area contributed by atoms with E-state index in [2.05, 4.69) is 11.4 Å². The van der Waals surface area contributed by atoms with Gasteiger partial charge in [0.1, 0.15) is 5.75 Å². The molecule has 1 aliphatic rings. The van der Waals surface area contributed by atoms with Gasteiger partial charge in [-0.05, 0) is 74.6 Å². The van der Waals surface area contributed by atoms with Crippen LogP contribution in [0.5, 0.6) is 5.75 Å². The molecule has 0 aromatic heterocycles. The highest BCUT2D eigenvalue weighted by Gasteiger charge is 2.28. The predicted octanol–water partition coefficient (Wildman–Crippen LogP) is 4.03. The van der Waals surface area contributed by atoms with Crippen molar-refractivity contribution in [2.45, 2.75) is 39.5 Å². The summed E-state index contributed by atoms with van der Waals surface area (Å²) in [6.45, 7) is 5.15. The number of aryl methyl sites for hydroxylation is 2. The molecule has 0 bridgehead atoms. The molecule has 3 rings (SSSR count). The van der Waals surface area contributed by atoms with Gasteiger partial charge in [-0.25, -0.2) is 8.42 Å². The van der Waals surface area contributed by atoms with Crippen LogP contribution in [0.1, 0.15) is 36.8 Å². The molecule has 1 aliphatic heterocycles. The summed E-state index contributed by atoms with van der Waals surface area (Å²) in [7, 11) is -3.18. The Morgan fingerprint density at radius 2 is 1.86 bits per heavy atom. The van der Waals surface area contributed by atoms with Gasteiger partial charge in [0.15, 0.2) is 0 Å². The van der Waals surface area contributed by atoms with Crippen LogP contribution in [0.3, 0.4) is 0 Å². The molecule has 1 fully saturated rings. The number of carbonyl (C=O) groups is 1. The minimum Gasteiger partial charge on any atom is -0.493 e. The number of anilines is 2. The maximum absolute atomic E-state index is 12.1. The molecule has 2 aromatic carbocycles. The standard InChI is InChI=1S/C22H28N2O4S/c1-17-7-8-18(2)21(16-17)28-14-4-3-6-22(25)23-19-9-11-20(12-10-19)24-13-5-15-29(24,26)27/h7-12,16H,3-6,13-15H2,1-2H3,(H,23,25). The lowest BCUT2D eigenvalue weighted by Crippen LogP contribution is -2.24. The minimum atomic E-state index is -3.18. The quantitative estimate of drug-likeness (QED) is 0.659. The van der Waals surface area contributed by atoms with E-state index in [1.54, 1.807) is 24.3 Å². The highest BCUT2D eigenvalue weighted by Crippen LogP contribution is 2.25. The molecule has 0 radical (unpaired) electrons. The Kier molecular flexibility index (Phi) is 6.79. The minimum absolute atomic E-state index is 0.0571. The van der Waals surface area contributed by atoms with E-state index in [9.17, 15) is 13.2 Å². The number of unbranched alkanes of at least 4 members (excludes halogenated alkanes) is 1. The van der Waals surface area contributed by atoms with E-state index in [1.165, 1.54) is 9.87 Å². The van der Waals surface area contributed by atoms with Crippen LogP contribution >= 0.6 is 0 Å². The fraction of sp³-hybridized carbons (Fsp3) is 0.409. The van der Waals surface area contributed by atoms with E-state index < -0.39 is 10.0 Å². The summed E-state index contributed by atoms with van der Waals surface area (Å²) in [6, 6.07) is 13.1. The van der Waals surface area contributed by atoms with E-state index in [0.717, 1.165) is 24.2 Å². The number of nitrogens with one attached hydrogen (secondary N) is 1. The Bertz CT molecular complexity index is 955. The summed E-state index contributed by atoms with van der Waals surface area (Å²) in [5, 5.41) is 2.86. The first kappa shape index (κ1) is 21.2. The zero-order valence-corrected chi connectivity index (χ0v) is 17.8. The maximum atomic E-state index is 12.1. The van der Waals surface area contributed by atoms with Crippen LogP contribution in [0, 0.1) is 13.8 Å². The Labute approximate surface area is 172 Å². The lowest BCUT2D eigenvalue weighted by Gasteiger charge is -2.17. The van der Waals surface area contributed by atoms with Crippen molar-refractivity contribution in [3.63, 3.8) is 0 Å². The third kappa shape index (κ3) is 5.73. The Morgan fingerprint density at radius 1 is 1.10 bits per heavy atom. The molecule has 0 saturated carbocycles. The van der Waals surface area contributed by atoms with E-state index in [0.29, 0.717) is 37.4 Å². The molecule has 1 heterocycles. The van der Waals surface area contributed by atoms with Crippen molar-refractivity contribution in [3.05, 3.63) is 53.6 Å². The molecule has 156 valence electrons. The van der Waals surface area contributed by atoms with E-state index >= 15 is 0 Å². The Balaban J connectivity index is 1.40. The summed E-state index contributed by atoms with van der Waals surface area (Å²) in [5.74, 6) is 1.03. The third-order valence-electron chi connectivity index (χ3n) is 4.94. The Morgan fingerprint density at radius 3 is 2.55 bits per heavy atom. The number of amides is 1. The molecule has 6 nitrogen and oxygen atoms in total. The van der Waals surface area contributed by atoms with Crippen molar-refractivity contribution in [3.8, 4) is 5.75 Å². The van der Waals surface area contributed by atoms with Crippen molar-refractivity contribution >= 4 is 27.3 Å². The van der Waals surface area contributed by atoms with Crippen LogP contribution in [0.25, 0.3) is 0 Å². The average Bonchev–Trinajstić information content (AvgIpc) is 3.04. The van der Waals surface area contributed by atoms with Gasteiger partial charge < -0.3 is 10.1 Å². The van der Waals surface area contributed by atoms with Crippen molar-refractivity contribution in [1.29, 1.82) is 0 Å². The SMILES string of the molecule is Cc1ccc(C)c(OCCCCC(=O)Nc2ccc(N3CCCS3(=O)=O)cc2)c1. The van der Waals surface area contributed by atoms with Crippen LogP contribution < -0.4 is 14.4 Å². The fourth-order valence-electron chi connectivity index (χ4n) is 3.30. The van der Waals surface area contributed by atoms with Gasteiger partial charge in [0.25, 0.3) is 0 Å². The van der Waals surface area contributed by atoms with Crippen LogP contribution in [0.15, 0.2) is 42.5 Å². The number of sulfonamides is 1. The number of rotatable bonds is 8. The normalized spacial score (nSPS) is 15.3. The number of nitrogens with zero attached hydrogens (tertiary/aromatic N) is 1. The zero-order chi connectivity index (χ0) is 20.9. The predicted molar refractivity (Wildman–Crippen MR) is 116 cm³/mol. The summed E-state index contributed by atoms with van der Waals surface area (Å²) in [5.41, 5.74) is 3.59. The number of hydrogen-bond donors (Lipinski definition) is 1. The van der Waals surface area contributed by atoms with Crippen molar-refractivity contribution in [1.82, 2.24) is 0 Å². The monoisotopic (exact) mass is 416 g/mol. The van der Waals surface area contributed by atoms with Gasteiger partial charge in [-0.15, -0.1) is 0 Å². The van der Waals surface area contributed by atoms with Gasteiger partial charge in [0.2, 0.25) is 15.9 Å². The van der Waals surface area contributed by atoms with Crippen LogP contribution in [-0.4, -0.2) is 33.2 Å². The molecule has 1 N–H and O–H groups in total. The number of ether oxygens (including phenoxy) is 1. The van der Waals surface area contributed by atoms with Gasteiger partial charge in [-0.1, -0.05) is 12.1 Å². The van der Waals surface area contributed by atoms with Gasteiger partial charge in [-0.3, -0.25) is 9.10 Å². The molecular formula is C22H28N2O4S. The highest BCUT2D eigenvalue weighted by molar-refractivity contribution is 7.93. The molecule has 0 unspecified atom stereocenters. The van der Waals surface area contributed by atoms with E-state index in [1.807, 2.05) is 26.0 Å². The second-order valence-corrected chi connectivity index (χ2v) is 9.42. The smallest absolute Gasteiger partial charge is 0.235 e. The van der Waals surface area contributed by atoms with E-state index in [-0.39, 0.29) is 11.7 Å². The van der Waals surface area contributed by atoms with Crippen LogP contribution in [0.4, 0.5) is 11.4 Å². The van der Waals surface area contributed by atoms with Gasteiger partial charge in [0, 0.05) is 18.7 Å². The fourth-order valence-corrected chi connectivity index (χ4v) is 4.86. The first-order valence-electron chi connectivity index (χ1n) is 9.95. The summed E-state index contributed by atoms with van der Waals surface area (Å²) >= 11 is 0. The molecule has 7 heteroatoms. The second kappa shape index (κ2) is 9.31. The van der Waals surface area contributed by atoms with Crippen LogP contribution in [0.2, 0.25) is 0 Å². The summed E-state index contributed by atoms with van der Waals surface area (Å²) in [4.78, 5) is 12.1. The van der Waals surface area contributed by atoms with Crippen molar-refractivity contribution in [2.75, 3.05) is 28.5 Å². The number of benzene rings is 2. The molecule has 0 spiro atoms. The first-order chi connectivity index (χ1) is 13.8.